The molecule has 0 amide bonds. The Morgan fingerprint density at radius 2 is 2.05 bits per heavy atom. The third kappa shape index (κ3) is 3.93. The van der Waals surface area contributed by atoms with E-state index in [9.17, 15) is 9.90 Å². The second-order valence-corrected chi connectivity index (χ2v) is 5.46. The van der Waals surface area contributed by atoms with Gasteiger partial charge in [-0.05, 0) is 31.2 Å². The molecule has 1 aliphatic rings. The average molecular weight is 283 g/mol. The first kappa shape index (κ1) is 14.3. The Morgan fingerprint density at radius 3 is 2.63 bits per heavy atom. The second kappa shape index (κ2) is 6.37. The molecule has 104 valence electrons. The highest BCUT2D eigenvalue weighted by molar-refractivity contribution is 6.30. The van der Waals surface area contributed by atoms with E-state index in [0.29, 0.717) is 11.4 Å². The third-order valence-corrected chi connectivity index (χ3v) is 3.82. The van der Waals surface area contributed by atoms with Crippen molar-refractivity contribution in [1.29, 1.82) is 0 Å². The SMILES string of the molecule is CN1CCN([C@H](Cc2cccc(Cl)c2)C(=O)O)CC1. The molecule has 0 unspecified atom stereocenters. The summed E-state index contributed by atoms with van der Waals surface area (Å²) in [4.78, 5) is 15.7. The molecule has 5 heteroatoms. The summed E-state index contributed by atoms with van der Waals surface area (Å²) >= 11 is 5.95. The average Bonchev–Trinajstić information content (AvgIpc) is 2.37. The number of rotatable bonds is 4. The van der Waals surface area contributed by atoms with Crippen molar-refractivity contribution in [2.45, 2.75) is 12.5 Å². The lowest BCUT2D eigenvalue weighted by Gasteiger charge is -2.36. The maximum atomic E-state index is 11.5. The number of hydrogen-bond donors (Lipinski definition) is 1. The van der Waals surface area contributed by atoms with Gasteiger partial charge in [-0.3, -0.25) is 9.69 Å². The zero-order chi connectivity index (χ0) is 13.8. The molecule has 1 aromatic rings. The van der Waals surface area contributed by atoms with Gasteiger partial charge >= 0.3 is 5.97 Å². The molecule has 0 aromatic heterocycles. The molecule has 1 heterocycles. The van der Waals surface area contributed by atoms with Crippen molar-refractivity contribution in [2.75, 3.05) is 33.2 Å². The zero-order valence-electron chi connectivity index (χ0n) is 11.1. The normalized spacial score (nSPS) is 19.3. The number of piperazine rings is 1. The van der Waals surface area contributed by atoms with Gasteiger partial charge in [0.2, 0.25) is 0 Å². The van der Waals surface area contributed by atoms with E-state index in [-0.39, 0.29) is 0 Å². The summed E-state index contributed by atoms with van der Waals surface area (Å²) in [6, 6.07) is 6.97. The molecule has 1 saturated heterocycles. The predicted octanol–water partition coefficient (Wildman–Crippen LogP) is 1.58. The quantitative estimate of drug-likeness (QED) is 0.911. The largest absolute Gasteiger partial charge is 0.480 e. The van der Waals surface area contributed by atoms with Crippen LogP contribution in [0.5, 0.6) is 0 Å². The van der Waals surface area contributed by atoms with E-state index in [0.717, 1.165) is 31.7 Å². The standard InChI is InChI=1S/C14H19ClN2O2/c1-16-5-7-17(8-6-16)13(14(18)19)10-11-3-2-4-12(15)9-11/h2-4,9,13H,5-8,10H2,1H3,(H,18,19)/t13-/m1/s1. The van der Waals surface area contributed by atoms with Crippen molar-refractivity contribution in [3.05, 3.63) is 34.9 Å². The molecule has 1 N–H and O–H groups in total. The lowest BCUT2D eigenvalue weighted by molar-refractivity contribution is -0.144. The summed E-state index contributed by atoms with van der Waals surface area (Å²) in [7, 11) is 2.06. The number of benzene rings is 1. The van der Waals surface area contributed by atoms with Gasteiger partial charge in [0.15, 0.2) is 0 Å². The summed E-state index contributed by atoms with van der Waals surface area (Å²) in [5, 5.41) is 10.1. The molecular formula is C14H19ClN2O2. The van der Waals surface area contributed by atoms with Gasteiger partial charge in [0.1, 0.15) is 6.04 Å². The van der Waals surface area contributed by atoms with E-state index in [1.807, 2.05) is 23.1 Å². The molecule has 1 atom stereocenters. The van der Waals surface area contributed by atoms with Crippen LogP contribution in [-0.2, 0) is 11.2 Å². The van der Waals surface area contributed by atoms with Crippen LogP contribution >= 0.6 is 11.6 Å². The van der Waals surface area contributed by atoms with Gasteiger partial charge < -0.3 is 10.0 Å². The molecule has 1 fully saturated rings. The van der Waals surface area contributed by atoms with Crippen LogP contribution in [0.4, 0.5) is 0 Å². The summed E-state index contributed by atoms with van der Waals surface area (Å²) in [6.45, 7) is 3.43. The fourth-order valence-electron chi connectivity index (χ4n) is 2.39. The van der Waals surface area contributed by atoms with Crippen LogP contribution in [0.1, 0.15) is 5.56 Å². The van der Waals surface area contributed by atoms with Gasteiger partial charge in [0.05, 0.1) is 0 Å². The molecule has 2 rings (SSSR count). The first-order valence-electron chi connectivity index (χ1n) is 6.46. The van der Waals surface area contributed by atoms with Gasteiger partial charge in [0.25, 0.3) is 0 Å². The smallest absolute Gasteiger partial charge is 0.321 e. The van der Waals surface area contributed by atoms with Crippen LogP contribution in [0.25, 0.3) is 0 Å². The first-order chi connectivity index (χ1) is 9.06. The number of carboxylic acids is 1. The fraction of sp³-hybridized carbons (Fsp3) is 0.500. The first-order valence-corrected chi connectivity index (χ1v) is 6.84. The highest BCUT2D eigenvalue weighted by Gasteiger charge is 2.28. The highest BCUT2D eigenvalue weighted by atomic mass is 35.5. The number of likely N-dealkylation sites (N-methyl/N-ethyl adjacent to an activating group) is 1. The molecule has 0 bridgehead atoms. The minimum Gasteiger partial charge on any atom is -0.480 e. The monoisotopic (exact) mass is 282 g/mol. The third-order valence-electron chi connectivity index (χ3n) is 3.58. The Bertz CT molecular complexity index is 445. The molecule has 0 radical (unpaired) electrons. The van der Waals surface area contributed by atoms with Gasteiger partial charge in [-0.25, -0.2) is 0 Å². The van der Waals surface area contributed by atoms with E-state index in [1.54, 1.807) is 6.07 Å². The maximum absolute atomic E-state index is 11.5. The van der Waals surface area contributed by atoms with Gasteiger partial charge in [0, 0.05) is 31.2 Å². The molecule has 0 saturated carbocycles. The summed E-state index contributed by atoms with van der Waals surface area (Å²) in [6.07, 6.45) is 0.500. The van der Waals surface area contributed by atoms with Crippen LogP contribution in [0.15, 0.2) is 24.3 Å². The van der Waals surface area contributed by atoms with Gasteiger partial charge in [-0.15, -0.1) is 0 Å². The van der Waals surface area contributed by atoms with Crippen molar-refractivity contribution in [1.82, 2.24) is 9.80 Å². The minimum atomic E-state index is -0.760. The minimum absolute atomic E-state index is 0.466. The number of hydrogen-bond acceptors (Lipinski definition) is 3. The fourth-order valence-corrected chi connectivity index (χ4v) is 2.61. The number of halogens is 1. The van der Waals surface area contributed by atoms with E-state index < -0.39 is 12.0 Å². The zero-order valence-corrected chi connectivity index (χ0v) is 11.8. The number of carbonyl (C=O) groups is 1. The molecule has 1 aromatic carbocycles. The van der Waals surface area contributed by atoms with Crippen molar-refractivity contribution in [3.63, 3.8) is 0 Å². The van der Waals surface area contributed by atoms with Crippen LogP contribution in [0, 0.1) is 0 Å². The van der Waals surface area contributed by atoms with E-state index in [2.05, 4.69) is 11.9 Å². The summed E-state index contributed by atoms with van der Waals surface area (Å²) in [5.74, 6) is -0.760. The van der Waals surface area contributed by atoms with Crippen molar-refractivity contribution in [3.8, 4) is 0 Å². The molecule has 0 spiro atoms. The molecule has 1 aliphatic heterocycles. The second-order valence-electron chi connectivity index (χ2n) is 5.03. The van der Waals surface area contributed by atoms with Gasteiger partial charge in [-0.1, -0.05) is 23.7 Å². The summed E-state index contributed by atoms with van der Waals surface area (Å²) in [5.41, 5.74) is 0.971. The van der Waals surface area contributed by atoms with Crippen LogP contribution in [0.3, 0.4) is 0 Å². The van der Waals surface area contributed by atoms with Crippen LogP contribution in [0.2, 0.25) is 5.02 Å². The Hall–Kier alpha value is -1.10. The van der Waals surface area contributed by atoms with Crippen molar-refractivity contribution >= 4 is 17.6 Å². The van der Waals surface area contributed by atoms with Gasteiger partial charge in [-0.2, -0.15) is 0 Å². The number of nitrogens with zero attached hydrogens (tertiary/aromatic N) is 2. The predicted molar refractivity (Wildman–Crippen MR) is 75.6 cm³/mol. The molecule has 4 nitrogen and oxygen atoms in total. The topological polar surface area (TPSA) is 43.8 Å². The lowest BCUT2D eigenvalue weighted by atomic mass is 10.0. The maximum Gasteiger partial charge on any atom is 0.321 e. The molecular weight excluding hydrogens is 264 g/mol. The van der Waals surface area contributed by atoms with Crippen molar-refractivity contribution < 1.29 is 9.90 Å². The van der Waals surface area contributed by atoms with E-state index in [4.69, 9.17) is 11.6 Å². The Morgan fingerprint density at radius 1 is 1.37 bits per heavy atom. The van der Waals surface area contributed by atoms with Crippen LogP contribution in [-0.4, -0.2) is 60.1 Å². The Kier molecular flexibility index (Phi) is 4.80. The Labute approximate surface area is 118 Å². The molecule has 19 heavy (non-hydrogen) atoms. The highest BCUT2D eigenvalue weighted by Crippen LogP contribution is 2.16. The van der Waals surface area contributed by atoms with E-state index in [1.165, 1.54) is 0 Å². The lowest BCUT2D eigenvalue weighted by Crippen LogP contribution is -2.52. The van der Waals surface area contributed by atoms with E-state index >= 15 is 0 Å². The summed E-state index contributed by atoms with van der Waals surface area (Å²) < 4.78 is 0. The van der Waals surface area contributed by atoms with Crippen LogP contribution < -0.4 is 0 Å². The number of aliphatic carboxylic acids is 1. The van der Waals surface area contributed by atoms with Crippen molar-refractivity contribution in [2.24, 2.45) is 0 Å². The molecule has 0 aliphatic carbocycles. The Balaban J connectivity index is 2.06. The number of carboxylic acid groups (broad SMARTS) is 1.